The van der Waals surface area contributed by atoms with Crippen molar-refractivity contribution in [1.82, 2.24) is 0 Å². The minimum Gasteiger partial charge on any atom is -0.113 e. The molecular formula is C14H15P. The second-order valence-electron chi connectivity index (χ2n) is 3.54. The van der Waals surface area contributed by atoms with Crippen LogP contribution in [0, 0.1) is 0 Å². The van der Waals surface area contributed by atoms with E-state index in [1.54, 1.807) is 0 Å². The van der Waals surface area contributed by atoms with E-state index >= 15 is 0 Å². The summed E-state index contributed by atoms with van der Waals surface area (Å²) in [5, 5.41) is 0. The number of hydrogen-bond donors (Lipinski definition) is 0. The van der Waals surface area contributed by atoms with Crippen LogP contribution in [0.3, 0.4) is 0 Å². The average molecular weight is 214 g/mol. The highest BCUT2D eigenvalue weighted by molar-refractivity contribution is 7.37. The third kappa shape index (κ3) is 2.46. The number of hydrogen-bond acceptors (Lipinski definition) is 0. The molecule has 0 aliphatic rings. The monoisotopic (exact) mass is 214 g/mol. The Morgan fingerprint density at radius 3 is 1.47 bits per heavy atom. The molecular weight excluding hydrogens is 199 g/mol. The van der Waals surface area contributed by atoms with Gasteiger partial charge in [0.15, 0.2) is 0 Å². The zero-order chi connectivity index (χ0) is 10.5. The molecule has 0 aliphatic carbocycles. The Kier molecular flexibility index (Phi) is 3.53. The first-order valence-corrected chi connectivity index (χ1v) is 6.76. The van der Waals surface area contributed by atoms with Crippen LogP contribution in [0.1, 0.15) is 16.8 Å². The van der Waals surface area contributed by atoms with Crippen LogP contribution in [0.4, 0.5) is 0 Å². The van der Waals surface area contributed by atoms with Gasteiger partial charge >= 0.3 is 0 Å². The maximum atomic E-state index is 2.27. The summed E-state index contributed by atoms with van der Waals surface area (Å²) in [5.74, 6) is 0. The van der Waals surface area contributed by atoms with Crippen LogP contribution >= 0.6 is 8.58 Å². The summed E-state index contributed by atoms with van der Waals surface area (Å²) in [6.07, 6.45) is 0. The van der Waals surface area contributed by atoms with E-state index in [1.165, 1.54) is 11.1 Å². The second-order valence-corrected chi connectivity index (χ2v) is 4.70. The van der Waals surface area contributed by atoms with Crippen LogP contribution in [0.25, 0.3) is 0 Å². The molecule has 0 bridgehead atoms. The predicted octanol–water partition coefficient (Wildman–Crippen LogP) is 4.08. The molecule has 0 heterocycles. The van der Waals surface area contributed by atoms with Gasteiger partial charge in [-0.05, 0) is 17.8 Å². The van der Waals surface area contributed by atoms with E-state index in [2.05, 4.69) is 67.3 Å². The maximum absolute atomic E-state index is 2.27. The van der Waals surface area contributed by atoms with Gasteiger partial charge < -0.3 is 0 Å². The zero-order valence-corrected chi connectivity index (χ0v) is 9.85. The van der Waals surface area contributed by atoms with Crippen molar-refractivity contribution in [2.24, 2.45) is 0 Å². The fraction of sp³-hybridized carbons (Fsp3) is 0.143. The summed E-state index contributed by atoms with van der Waals surface area (Å²) in [6.45, 7) is 2.27. The summed E-state index contributed by atoms with van der Waals surface area (Å²) in [6, 6.07) is 21.5. The molecule has 1 unspecified atom stereocenters. The Labute approximate surface area is 93.1 Å². The Balaban J connectivity index is 2.34. The normalized spacial score (nSPS) is 11.3. The average Bonchev–Trinajstić information content (AvgIpc) is 2.33. The Bertz CT molecular complexity index is 355. The minimum absolute atomic E-state index is 0.562. The molecule has 1 heteroatoms. The highest BCUT2D eigenvalue weighted by atomic mass is 31.1. The van der Waals surface area contributed by atoms with Crippen molar-refractivity contribution in [3.8, 4) is 0 Å². The molecule has 0 aliphatic heterocycles. The van der Waals surface area contributed by atoms with Gasteiger partial charge in [0.05, 0.1) is 0 Å². The molecule has 0 saturated heterocycles. The molecule has 0 N–H and O–H groups in total. The van der Waals surface area contributed by atoms with Crippen molar-refractivity contribution in [3.63, 3.8) is 0 Å². The molecule has 0 amide bonds. The summed E-state index contributed by atoms with van der Waals surface area (Å²) < 4.78 is 0. The highest BCUT2D eigenvalue weighted by Gasteiger charge is 2.10. The molecule has 15 heavy (non-hydrogen) atoms. The predicted molar refractivity (Wildman–Crippen MR) is 69.0 cm³/mol. The minimum atomic E-state index is 0.562. The zero-order valence-electron chi connectivity index (χ0n) is 8.85. The van der Waals surface area contributed by atoms with Crippen LogP contribution in [0.5, 0.6) is 0 Å². The van der Waals surface area contributed by atoms with Crippen molar-refractivity contribution < 1.29 is 0 Å². The van der Waals surface area contributed by atoms with Gasteiger partial charge in [-0.2, -0.15) is 0 Å². The van der Waals surface area contributed by atoms with Gasteiger partial charge in [0.2, 0.25) is 0 Å². The van der Waals surface area contributed by atoms with Crippen LogP contribution in [-0.4, -0.2) is 6.66 Å². The van der Waals surface area contributed by atoms with Gasteiger partial charge in [-0.15, -0.1) is 8.58 Å². The molecule has 2 rings (SSSR count). The Morgan fingerprint density at radius 2 is 1.13 bits per heavy atom. The lowest BCUT2D eigenvalue weighted by Crippen LogP contribution is -1.93. The first-order chi connectivity index (χ1) is 7.42. The quantitative estimate of drug-likeness (QED) is 0.675. The summed E-state index contributed by atoms with van der Waals surface area (Å²) in [7, 11) is 0.904. The lowest BCUT2D eigenvalue weighted by molar-refractivity contribution is 1.15. The van der Waals surface area contributed by atoms with E-state index < -0.39 is 0 Å². The van der Waals surface area contributed by atoms with Crippen molar-refractivity contribution in [3.05, 3.63) is 71.8 Å². The fourth-order valence-corrected chi connectivity index (χ4v) is 2.87. The van der Waals surface area contributed by atoms with Gasteiger partial charge in [0.1, 0.15) is 0 Å². The van der Waals surface area contributed by atoms with E-state index in [1.807, 2.05) is 0 Å². The van der Waals surface area contributed by atoms with Gasteiger partial charge in [-0.3, -0.25) is 0 Å². The first-order valence-electron chi connectivity index (χ1n) is 5.19. The lowest BCUT2D eigenvalue weighted by atomic mass is 10.0. The van der Waals surface area contributed by atoms with Crippen molar-refractivity contribution in [1.29, 1.82) is 0 Å². The summed E-state index contributed by atoms with van der Waals surface area (Å²) in [4.78, 5) is 0. The number of benzene rings is 2. The van der Waals surface area contributed by atoms with Gasteiger partial charge in [-0.25, -0.2) is 0 Å². The van der Waals surface area contributed by atoms with Crippen LogP contribution < -0.4 is 0 Å². The number of rotatable bonds is 3. The van der Waals surface area contributed by atoms with Crippen LogP contribution in [0.2, 0.25) is 0 Å². The lowest BCUT2D eigenvalue weighted by Gasteiger charge is -2.15. The van der Waals surface area contributed by atoms with Gasteiger partial charge in [-0.1, -0.05) is 60.7 Å². The van der Waals surface area contributed by atoms with E-state index in [0.29, 0.717) is 5.66 Å². The third-order valence-electron chi connectivity index (χ3n) is 2.55. The van der Waals surface area contributed by atoms with E-state index in [9.17, 15) is 0 Å². The molecule has 1 atom stereocenters. The Hall–Kier alpha value is -1.13. The molecule has 76 valence electrons. The molecule has 0 aromatic heterocycles. The van der Waals surface area contributed by atoms with Crippen molar-refractivity contribution in [2.75, 3.05) is 6.66 Å². The van der Waals surface area contributed by atoms with Gasteiger partial charge in [0, 0.05) is 5.66 Å². The van der Waals surface area contributed by atoms with Gasteiger partial charge in [0.25, 0.3) is 0 Å². The molecule has 2 aromatic rings. The molecule has 0 spiro atoms. The van der Waals surface area contributed by atoms with Crippen molar-refractivity contribution >= 4 is 8.58 Å². The van der Waals surface area contributed by atoms with E-state index in [-0.39, 0.29) is 0 Å². The smallest absolute Gasteiger partial charge is 0.0260 e. The molecule has 2 aromatic carbocycles. The highest BCUT2D eigenvalue weighted by Crippen LogP contribution is 2.37. The standard InChI is InChI=1S/C14H15P/c1-15-14(12-8-4-2-5-9-12)13-10-6-3-7-11-13/h2-11,14-15H,1H3. The maximum Gasteiger partial charge on any atom is 0.0260 e. The molecule has 0 fully saturated rings. The van der Waals surface area contributed by atoms with Crippen LogP contribution in [0.15, 0.2) is 60.7 Å². The first kappa shape index (κ1) is 10.4. The molecule has 0 saturated carbocycles. The Morgan fingerprint density at radius 1 is 0.733 bits per heavy atom. The molecule has 0 radical (unpaired) electrons. The SMILES string of the molecule is CPC(c1ccccc1)c1ccccc1. The topological polar surface area (TPSA) is 0 Å². The van der Waals surface area contributed by atoms with E-state index in [4.69, 9.17) is 0 Å². The third-order valence-corrected chi connectivity index (χ3v) is 3.80. The second kappa shape index (κ2) is 5.09. The fourth-order valence-electron chi connectivity index (χ4n) is 1.82. The molecule has 0 nitrogen and oxygen atoms in total. The largest absolute Gasteiger partial charge is 0.113 e. The summed E-state index contributed by atoms with van der Waals surface area (Å²) in [5.41, 5.74) is 3.40. The van der Waals surface area contributed by atoms with Crippen molar-refractivity contribution in [2.45, 2.75) is 5.66 Å². The summed E-state index contributed by atoms with van der Waals surface area (Å²) >= 11 is 0. The van der Waals surface area contributed by atoms with Crippen LogP contribution in [-0.2, 0) is 0 Å². The van der Waals surface area contributed by atoms with E-state index in [0.717, 1.165) is 8.58 Å².